The zero-order valence-corrected chi connectivity index (χ0v) is 10.1. The largest absolute Gasteiger partial charge is 0.398 e. The number of benzene rings is 1. The van der Waals surface area contributed by atoms with Gasteiger partial charge in [-0.1, -0.05) is 11.6 Å². The summed E-state index contributed by atoms with van der Waals surface area (Å²) in [4.78, 5) is 1.11. The fraction of sp³-hybridized carbons (Fsp3) is 0.455. The van der Waals surface area contributed by atoms with Crippen molar-refractivity contribution in [2.45, 2.75) is 11.3 Å². The molecule has 1 saturated heterocycles. The van der Waals surface area contributed by atoms with Gasteiger partial charge in [0.1, 0.15) is 0 Å². The van der Waals surface area contributed by atoms with E-state index in [1.165, 1.54) is 6.42 Å². The molecule has 0 bridgehead atoms. The zero-order chi connectivity index (χ0) is 10.7. The van der Waals surface area contributed by atoms with E-state index in [1.54, 1.807) is 0 Å². The number of nitrogen functional groups attached to an aromatic ring is 1. The molecular weight excluding hydrogens is 228 g/mol. The Morgan fingerprint density at radius 1 is 1.53 bits per heavy atom. The Morgan fingerprint density at radius 3 is 3.13 bits per heavy atom. The highest BCUT2D eigenvalue weighted by atomic mass is 35.5. The summed E-state index contributed by atoms with van der Waals surface area (Å²) >= 11 is 7.74. The smallest absolute Gasteiger partial charge is 0.0453 e. The molecule has 82 valence electrons. The van der Waals surface area contributed by atoms with Crippen molar-refractivity contribution in [2.24, 2.45) is 5.92 Å². The Morgan fingerprint density at radius 2 is 2.40 bits per heavy atom. The van der Waals surface area contributed by atoms with Crippen LogP contribution in [0.4, 0.5) is 5.69 Å². The van der Waals surface area contributed by atoms with Gasteiger partial charge in [0.15, 0.2) is 0 Å². The van der Waals surface area contributed by atoms with E-state index in [0.29, 0.717) is 0 Å². The van der Waals surface area contributed by atoms with Crippen LogP contribution >= 0.6 is 23.4 Å². The summed E-state index contributed by atoms with van der Waals surface area (Å²) in [6.07, 6.45) is 1.27. The van der Waals surface area contributed by atoms with Crippen LogP contribution in [0.2, 0.25) is 5.02 Å². The molecule has 1 aromatic carbocycles. The number of nitrogens with one attached hydrogen (secondary N) is 1. The summed E-state index contributed by atoms with van der Waals surface area (Å²) in [6, 6.07) is 5.65. The molecule has 2 rings (SSSR count). The van der Waals surface area contributed by atoms with Crippen LogP contribution in [0.25, 0.3) is 0 Å². The first kappa shape index (κ1) is 11.1. The molecule has 15 heavy (non-hydrogen) atoms. The fourth-order valence-corrected chi connectivity index (χ4v) is 3.08. The minimum absolute atomic E-state index is 0.760. The lowest BCUT2D eigenvalue weighted by Gasteiger charge is -2.09. The molecule has 4 heteroatoms. The van der Waals surface area contributed by atoms with E-state index in [2.05, 4.69) is 5.32 Å². The number of halogens is 1. The first-order valence-corrected chi connectivity index (χ1v) is 6.50. The van der Waals surface area contributed by atoms with Crippen molar-refractivity contribution in [2.75, 3.05) is 24.6 Å². The maximum atomic E-state index is 5.93. The summed E-state index contributed by atoms with van der Waals surface area (Å²) in [6.45, 7) is 2.28. The van der Waals surface area contributed by atoms with Gasteiger partial charge in [0, 0.05) is 21.4 Å². The molecule has 0 spiro atoms. The van der Waals surface area contributed by atoms with E-state index in [1.807, 2.05) is 30.0 Å². The van der Waals surface area contributed by atoms with E-state index in [9.17, 15) is 0 Å². The second-order valence-electron chi connectivity index (χ2n) is 3.85. The highest BCUT2D eigenvalue weighted by Crippen LogP contribution is 2.30. The Labute approximate surface area is 99.6 Å². The lowest BCUT2D eigenvalue weighted by atomic mass is 10.2. The molecule has 2 nitrogen and oxygen atoms in total. The number of hydrogen-bond donors (Lipinski definition) is 2. The maximum absolute atomic E-state index is 5.93. The SMILES string of the molecule is Nc1ccc(Cl)cc1SCC1CCNC1. The minimum atomic E-state index is 0.760. The van der Waals surface area contributed by atoms with Crippen LogP contribution < -0.4 is 11.1 Å². The van der Waals surface area contributed by atoms with E-state index >= 15 is 0 Å². The summed E-state index contributed by atoms with van der Waals surface area (Å²) in [5.74, 6) is 1.89. The number of rotatable bonds is 3. The van der Waals surface area contributed by atoms with Crippen LogP contribution in [-0.2, 0) is 0 Å². The van der Waals surface area contributed by atoms with Crippen LogP contribution in [-0.4, -0.2) is 18.8 Å². The zero-order valence-electron chi connectivity index (χ0n) is 8.50. The molecule has 1 fully saturated rings. The Bertz CT molecular complexity index is 337. The molecular formula is C11H15ClN2S. The lowest BCUT2D eigenvalue weighted by Crippen LogP contribution is -2.10. The van der Waals surface area contributed by atoms with E-state index in [0.717, 1.165) is 40.4 Å². The van der Waals surface area contributed by atoms with Crippen LogP contribution in [0.3, 0.4) is 0 Å². The molecule has 0 aromatic heterocycles. The molecule has 0 saturated carbocycles. The average molecular weight is 243 g/mol. The summed E-state index contributed by atoms with van der Waals surface area (Å²) in [5.41, 5.74) is 6.71. The fourth-order valence-electron chi connectivity index (χ4n) is 1.70. The Balaban J connectivity index is 1.94. The molecule has 1 aliphatic heterocycles. The van der Waals surface area contributed by atoms with Crippen LogP contribution in [0, 0.1) is 5.92 Å². The first-order chi connectivity index (χ1) is 7.25. The molecule has 1 aliphatic rings. The number of anilines is 1. The van der Waals surface area contributed by atoms with Gasteiger partial charge in [-0.25, -0.2) is 0 Å². The highest BCUT2D eigenvalue weighted by molar-refractivity contribution is 7.99. The van der Waals surface area contributed by atoms with Gasteiger partial charge in [0.2, 0.25) is 0 Å². The van der Waals surface area contributed by atoms with Gasteiger partial charge in [-0.05, 0) is 43.6 Å². The molecule has 1 aromatic rings. The summed E-state index contributed by atoms with van der Waals surface area (Å²) in [5, 5.41) is 4.12. The molecule has 0 radical (unpaired) electrons. The normalized spacial score (nSPS) is 20.7. The molecule has 1 heterocycles. The topological polar surface area (TPSA) is 38.0 Å². The lowest BCUT2D eigenvalue weighted by molar-refractivity contribution is 0.663. The molecule has 0 amide bonds. The Hall–Kier alpha value is -0.380. The van der Waals surface area contributed by atoms with Gasteiger partial charge in [-0.3, -0.25) is 0 Å². The third-order valence-corrected chi connectivity index (χ3v) is 4.15. The van der Waals surface area contributed by atoms with Gasteiger partial charge < -0.3 is 11.1 Å². The second-order valence-corrected chi connectivity index (χ2v) is 5.35. The number of nitrogens with two attached hydrogens (primary N) is 1. The third-order valence-electron chi connectivity index (χ3n) is 2.61. The monoisotopic (exact) mass is 242 g/mol. The van der Waals surface area contributed by atoms with Crippen molar-refractivity contribution < 1.29 is 0 Å². The minimum Gasteiger partial charge on any atom is -0.398 e. The molecule has 1 unspecified atom stereocenters. The van der Waals surface area contributed by atoms with E-state index in [4.69, 9.17) is 17.3 Å². The highest BCUT2D eigenvalue weighted by Gasteiger charge is 2.14. The van der Waals surface area contributed by atoms with Crippen molar-refractivity contribution in [1.29, 1.82) is 0 Å². The Kier molecular flexibility index (Phi) is 3.78. The third kappa shape index (κ3) is 3.03. The van der Waals surface area contributed by atoms with Crippen LogP contribution in [0.1, 0.15) is 6.42 Å². The van der Waals surface area contributed by atoms with Crippen LogP contribution in [0.15, 0.2) is 23.1 Å². The standard InChI is InChI=1S/C11H15ClN2S/c12-9-1-2-10(13)11(5-9)15-7-8-3-4-14-6-8/h1-2,5,8,14H,3-4,6-7,13H2. The van der Waals surface area contributed by atoms with Crippen molar-refractivity contribution in [3.63, 3.8) is 0 Å². The van der Waals surface area contributed by atoms with Crippen molar-refractivity contribution in [3.05, 3.63) is 23.2 Å². The van der Waals surface area contributed by atoms with Gasteiger partial charge >= 0.3 is 0 Å². The summed E-state index contributed by atoms with van der Waals surface area (Å²) in [7, 11) is 0. The predicted molar refractivity (Wildman–Crippen MR) is 67.6 cm³/mol. The number of hydrogen-bond acceptors (Lipinski definition) is 3. The van der Waals surface area contributed by atoms with Gasteiger partial charge in [-0.15, -0.1) is 11.8 Å². The first-order valence-electron chi connectivity index (χ1n) is 5.14. The predicted octanol–water partition coefficient (Wildman–Crippen LogP) is 2.62. The van der Waals surface area contributed by atoms with E-state index in [-0.39, 0.29) is 0 Å². The van der Waals surface area contributed by atoms with E-state index < -0.39 is 0 Å². The second kappa shape index (κ2) is 5.10. The average Bonchev–Trinajstić information content (AvgIpc) is 2.72. The molecule has 0 aliphatic carbocycles. The van der Waals surface area contributed by atoms with Gasteiger partial charge in [0.25, 0.3) is 0 Å². The number of thioether (sulfide) groups is 1. The van der Waals surface area contributed by atoms with Crippen molar-refractivity contribution in [1.82, 2.24) is 5.32 Å². The van der Waals surface area contributed by atoms with Crippen molar-refractivity contribution in [3.8, 4) is 0 Å². The quantitative estimate of drug-likeness (QED) is 0.632. The molecule has 3 N–H and O–H groups in total. The van der Waals surface area contributed by atoms with Gasteiger partial charge in [-0.2, -0.15) is 0 Å². The van der Waals surface area contributed by atoms with Gasteiger partial charge in [0.05, 0.1) is 0 Å². The summed E-state index contributed by atoms with van der Waals surface area (Å²) < 4.78 is 0. The maximum Gasteiger partial charge on any atom is 0.0453 e. The van der Waals surface area contributed by atoms with Crippen molar-refractivity contribution >= 4 is 29.1 Å². The van der Waals surface area contributed by atoms with Crippen LogP contribution in [0.5, 0.6) is 0 Å². The molecule has 1 atom stereocenters.